The van der Waals surface area contributed by atoms with Gasteiger partial charge in [0, 0.05) is 12.9 Å². The number of thioether (sulfide) groups is 1. The third kappa shape index (κ3) is 6.08. The minimum atomic E-state index is -0.396. The topological polar surface area (TPSA) is 49.2 Å². The number of halogens is 1. The molecule has 1 aromatic heterocycles. The fourth-order valence-corrected chi connectivity index (χ4v) is 4.23. The van der Waals surface area contributed by atoms with Crippen LogP contribution in [-0.2, 0) is 22.5 Å². The van der Waals surface area contributed by atoms with Gasteiger partial charge in [-0.25, -0.2) is 4.39 Å². The summed E-state index contributed by atoms with van der Waals surface area (Å²) in [5.41, 5.74) is 2.66. The second kappa shape index (κ2) is 10.3. The quantitative estimate of drug-likeness (QED) is 0.392. The summed E-state index contributed by atoms with van der Waals surface area (Å²) in [4.78, 5) is 0. The van der Waals surface area contributed by atoms with Crippen molar-refractivity contribution < 1.29 is 13.9 Å². The molecule has 0 unspecified atom stereocenters. The fourth-order valence-electron chi connectivity index (χ4n) is 3.22. The Hall–Kier alpha value is -2.38. The van der Waals surface area contributed by atoms with Crippen LogP contribution in [0.4, 0.5) is 4.39 Å². The van der Waals surface area contributed by atoms with E-state index in [1.807, 2.05) is 11.5 Å². The lowest BCUT2D eigenvalue weighted by atomic mass is 9.87. The highest BCUT2D eigenvalue weighted by molar-refractivity contribution is 7.98. The molecule has 0 amide bonds. The van der Waals surface area contributed by atoms with E-state index in [9.17, 15) is 4.39 Å². The van der Waals surface area contributed by atoms with Crippen LogP contribution in [-0.4, -0.2) is 28.5 Å². The molecule has 5 nitrogen and oxygen atoms in total. The number of methoxy groups -OCH3 is 1. The largest absolute Gasteiger partial charge is 0.483 e. The van der Waals surface area contributed by atoms with E-state index in [0.717, 1.165) is 10.9 Å². The average Bonchev–Trinajstić information content (AvgIpc) is 3.14. The van der Waals surface area contributed by atoms with Crippen molar-refractivity contribution in [3.05, 3.63) is 71.3 Å². The minimum absolute atomic E-state index is 0.0185. The van der Waals surface area contributed by atoms with E-state index < -0.39 is 5.82 Å². The molecule has 1 atom stereocenters. The van der Waals surface area contributed by atoms with Gasteiger partial charge in [-0.2, -0.15) is 0 Å². The van der Waals surface area contributed by atoms with Crippen LogP contribution < -0.4 is 4.74 Å². The molecule has 0 aliphatic heterocycles. The number of hydrogen-bond donors (Lipinski definition) is 0. The van der Waals surface area contributed by atoms with Gasteiger partial charge in [0.15, 0.2) is 22.5 Å². The van der Waals surface area contributed by atoms with Gasteiger partial charge in [0.1, 0.15) is 6.61 Å². The van der Waals surface area contributed by atoms with Crippen molar-refractivity contribution in [1.29, 1.82) is 0 Å². The molecule has 3 aromatic rings. The molecular weight excluding hydrogens is 413 g/mol. The summed E-state index contributed by atoms with van der Waals surface area (Å²) in [6.45, 7) is 9.31. The van der Waals surface area contributed by atoms with Gasteiger partial charge < -0.3 is 9.47 Å². The Balaban J connectivity index is 1.74. The smallest absolute Gasteiger partial charge is 0.191 e. The van der Waals surface area contributed by atoms with Crippen molar-refractivity contribution in [2.75, 3.05) is 13.7 Å². The lowest BCUT2D eigenvalue weighted by Gasteiger charge is -2.19. The Kier molecular flexibility index (Phi) is 7.73. The van der Waals surface area contributed by atoms with Crippen molar-refractivity contribution in [1.82, 2.24) is 14.8 Å². The van der Waals surface area contributed by atoms with Crippen molar-refractivity contribution in [3.8, 4) is 5.75 Å². The highest BCUT2D eigenvalue weighted by atomic mass is 32.2. The Bertz CT molecular complexity index is 983. The average molecular weight is 444 g/mol. The van der Waals surface area contributed by atoms with Crippen molar-refractivity contribution >= 4 is 11.8 Å². The highest BCUT2D eigenvalue weighted by Gasteiger charge is 2.19. The van der Waals surface area contributed by atoms with Crippen LogP contribution in [0.2, 0.25) is 0 Å². The molecule has 0 spiro atoms. The fraction of sp³-hybridized carbons (Fsp3) is 0.417. The summed E-state index contributed by atoms with van der Waals surface area (Å²) in [5.74, 6) is 1.21. The molecule has 0 aliphatic rings. The Morgan fingerprint density at radius 1 is 1.06 bits per heavy atom. The summed E-state index contributed by atoms with van der Waals surface area (Å²) < 4.78 is 26.9. The van der Waals surface area contributed by atoms with Gasteiger partial charge in [-0.1, -0.05) is 68.9 Å². The predicted octanol–water partition coefficient (Wildman–Crippen LogP) is 5.79. The third-order valence-corrected chi connectivity index (χ3v) is 5.98. The van der Waals surface area contributed by atoms with Crippen LogP contribution in [0.25, 0.3) is 0 Å². The molecular formula is C24H30FN3O2S. The maximum absolute atomic E-state index is 13.9. The van der Waals surface area contributed by atoms with Gasteiger partial charge in [0.05, 0.1) is 12.6 Å². The Morgan fingerprint density at radius 3 is 2.42 bits per heavy atom. The van der Waals surface area contributed by atoms with Crippen LogP contribution in [0.1, 0.15) is 50.7 Å². The van der Waals surface area contributed by atoms with E-state index in [1.165, 1.54) is 17.2 Å². The Labute approximate surface area is 188 Å². The molecule has 2 aromatic carbocycles. The zero-order valence-electron chi connectivity index (χ0n) is 18.8. The zero-order valence-corrected chi connectivity index (χ0v) is 19.6. The maximum atomic E-state index is 13.9. The molecule has 31 heavy (non-hydrogen) atoms. The van der Waals surface area contributed by atoms with Gasteiger partial charge in [-0.15, -0.1) is 10.2 Å². The number of benzene rings is 2. The van der Waals surface area contributed by atoms with Crippen LogP contribution in [0.15, 0.2) is 53.7 Å². The van der Waals surface area contributed by atoms with E-state index in [1.54, 1.807) is 37.1 Å². The Morgan fingerprint density at radius 2 is 1.77 bits per heavy atom. The van der Waals surface area contributed by atoms with Gasteiger partial charge in [-0.3, -0.25) is 4.57 Å². The van der Waals surface area contributed by atoms with Crippen LogP contribution in [0.5, 0.6) is 5.75 Å². The number of hydrogen-bond acceptors (Lipinski definition) is 5. The van der Waals surface area contributed by atoms with Gasteiger partial charge in [0.25, 0.3) is 0 Å². The summed E-state index contributed by atoms with van der Waals surface area (Å²) in [6.07, 6.45) is 0. The normalized spacial score (nSPS) is 12.7. The number of aromatic nitrogens is 3. The first-order valence-electron chi connectivity index (χ1n) is 10.3. The first-order chi connectivity index (χ1) is 14.8. The summed E-state index contributed by atoms with van der Waals surface area (Å²) in [7, 11) is 1.67. The zero-order chi connectivity index (χ0) is 22.4. The monoisotopic (exact) mass is 443 g/mol. The number of rotatable bonds is 9. The van der Waals surface area contributed by atoms with Gasteiger partial charge in [-0.05, 0) is 35.6 Å². The number of nitrogens with zero attached hydrogens (tertiary/aromatic N) is 3. The molecule has 0 aliphatic carbocycles. The molecule has 166 valence electrons. The minimum Gasteiger partial charge on any atom is -0.483 e. The molecule has 1 heterocycles. The van der Waals surface area contributed by atoms with Crippen molar-refractivity contribution in [2.24, 2.45) is 0 Å². The molecule has 3 rings (SSSR count). The van der Waals surface area contributed by atoms with Crippen LogP contribution in [0.3, 0.4) is 0 Å². The lowest BCUT2D eigenvalue weighted by Crippen LogP contribution is -2.16. The molecule has 7 heteroatoms. The second-order valence-electron chi connectivity index (χ2n) is 8.53. The van der Waals surface area contributed by atoms with E-state index >= 15 is 0 Å². The SMILES string of the molecule is COC[C@@H](C)n1c(COc2ccccc2F)nnc1SCc1ccc(C(C)(C)C)cc1. The van der Waals surface area contributed by atoms with Gasteiger partial charge in [0.2, 0.25) is 0 Å². The van der Waals surface area contributed by atoms with Crippen LogP contribution in [0, 0.1) is 5.82 Å². The van der Waals surface area contributed by atoms with E-state index in [2.05, 4.69) is 55.2 Å². The molecule has 0 fully saturated rings. The van der Waals surface area contributed by atoms with Crippen LogP contribution >= 0.6 is 11.8 Å². The standard InChI is InChI=1S/C24H30FN3O2S/c1-17(14-29-5)28-22(15-30-21-9-7-6-8-20(21)25)26-27-23(28)31-16-18-10-12-19(13-11-18)24(2,3)4/h6-13,17H,14-16H2,1-5H3/t17-/m1/s1. The number of para-hydroxylation sites is 1. The first kappa shape index (κ1) is 23.3. The number of ether oxygens (including phenoxy) is 2. The molecule has 0 saturated heterocycles. The van der Waals surface area contributed by atoms with Gasteiger partial charge >= 0.3 is 0 Å². The molecule has 0 N–H and O–H groups in total. The summed E-state index contributed by atoms with van der Waals surface area (Å²) in [5, 5.41) is 9.47. The maximum Gasteiger partial charge on any atom is 0.191 e. The summed E-state index contributed by atoms with van der Waals surface area (Å²) in [6, 6.07) is 15.1. The second-order valence-corrected chi connectivity index (χ2v) is 9.47. The van der Waals surface area contributed by atoms with Crippen molar-refractivity contribution in [3.63, 3.8) is 0 Å². The first-order valence-corrected chi connectivity index (χ1v) is 11.3. The lowest BCUT2D eigenvalue weighted by molar-refractivity contribution is 0.154. The molecule has 0 bridgehead atoms. The highest BCUT2D eigenvalue weighted by Crippen LogP contribution is 2.28. The summed E-state index contributed by atoms with van der Waals surface area (Å²) >= 11 is 1.62. The molecule has 0 saturated carbocycles. The molecule has 0 radical (unpaired) electrons. The third-order valence-electron chi connectivity index (χ3n) is 4.97. The van der Waals surface area contributed by atoms with E-state index in [-0.39, 0.29) is 23.8 Å². The van der Waals surface area contributed by atoms with E-state index in [4.69, 9.17) is 9.47 Å². The van der Waals surface area contributed by atoms with E-state index in [0.29, 0.717) is 12.4 Å². The van der Waals surface area contributed by atoms with Crippen molar-refractivity contribution in [2.45, 2.75) is 56.7 Å². The predicted molar refractivity (Wildman–Crippen MR) is 122 cm³/mol.